The van der Waals surface area contributed by atoms with Crippen molar-refractivity contribution >= 4 is 5.91 Å². The number of pyridine rings is 1. The topological polar surface area (TPSA) is 51.2 Å². The molecule has 4 rings (SSSR count). The van der Waals surface area contributed by atoms with Crippen LogP contribution >= 0.6 is 0 Å². The number of hydrogen-bond acceptors (Lipinski definition) is 3. The van der Waals surface area contributed by atoms with Crippen molar-refractivity contribution in [2.45, 2.75) is 58.1 Å². The van der Waals surface area contributed by atoms with Gasteiger partial charge >= 0.3 is 0 Å². The first-order chi connectivity index (χ1) is 13.5. The first kappa shape index (κ1) is 19.0. The molecule has 4 heteroatoms. The first-order valence-corrected chi connectivity index (χ1v) is 10.5. The molecule has 2 bridgehead atoms. The van der Waals surface area contributed by atoms with Gasteiger partial charge in [0.15, 0.2) is 0 Å². The molecule has 2 atom stereocenters. The van der Waals surface area contributed by atoms with Gasteiger partial charge in [-0.25, -0.2) is 4.98 Å². The molecular weight excluding hydrogens is 348 g/mol. The second-order valence-corrected chi connectivity index (χ2v) is 9.05. The van der Waals surface area contributed by atoms with Crippen LogP contribution in [0.15, 0.2) is 48.7 Å². The summed E-state index contributed by atoms with van der Waals surface area (Å²) >= 11 is 0. The average molecular weight is 379 g/mol. The molecule has 1 N–H and O–H groups in total. The zero-order valence-electron chi connectivity index (χ0n) is 16.9. The lowest BCUT2D eigenvalue weighted by atomic mass is 9.61. The smallest absolute Gasteiger partial charge is 0.253 e. The highest BCUT2D eigenvalue weighted by Gasteiger charge is 2.45. The molecule has 4 nitrogen and oxygen atoms in total. The average Bonchev–Trinajstić information content (AvgIpc) is 2.66. The van der Waals surface area contributed by atoms with Crippen molar-refractivity contribution in [2.75, 3.05) is 0 Å². The molecular formula is C24H30N2O2. The number of nitrogens with zero attached hydrogens (tertiary/aromatic N) is 1. The lowest BCUT2D eigenvalue weighted by molar-refractivity contribution is 0.0476. The van der Waals surface area contributed by atoms with Crippen LogP contribution in [0.25, 0.3) is 0 Å². The zero-order valence-corrected chi connectivity index (χ0v) is 16.9. The van der Waals surface area contributed by atoms with Crippen molar-refractivity contribution in [3.8, 4) is 5.88 Å². The fourth-order valence-corrected chi connectivity index (χ4v) is 5.50. The summed E-state index contributed by atoms with van der Waals surface area (Å²) < 4.78 is 5.73. The minimum absolute atomic E-state index is 0.0101. The lowest BCUT2D eigenvalue weighted by Gasteiger charge is -2.50. The molecule has 1 heterocycles. The van der Waals surface area contributed by atoms with E-state index >= 15 is 0 Å². The third kappa shape index (κ3) is 4.37. The van der Waals surface area contributed by atoms with E-state index in [0.29, 0.717) is 29.9 Å². The van der Waals surface area contributed by atoms with Crippen LogP contribution in [0.4, 0.5) is 0 Å². The Morgan fingerprint density at radius 3 is 2.43 bits per heavy atom. The van der Waals surface area contributed by atoms with Gasteiger partial charge in [-0.15, -0.1) is 0 Å². The minimum atomic E-state index is -0.0421. The van der Waals surface area contributed by atoms with Crippen LogP contribution < -0.4 is 10.1 Å². The normalized spacial score (nSPS) is 29.1. The number of rotatable bonds is 5. The Morgan fingerprint density at radius 1 is 1.07 bits per heavy atom. The maximum absolute atomic E-state index is 12.9. The Bertz CT molecular complexity index is 784. The predicted molar refractivity (Wildman–Crippen MR) is 110 cm³/mol. The van der Waals surface area contributed by atoms with E-state index in [-0.39, 0.29) is 11.4 Å². The molecule has 2 aliphatic rings. The quantitative estimate of drug-likeness (QED) is 0.797. The van der Waals surface area contributed by atoms with Crippen LogP contribution in [-0.2, 0) is 6.61 Å². The first-order valence-electron chi connectivity index (χ1n) is 10.5. The summed E-state index contributed by atoms with van der Waals surface area (Å²) in [5.74, 6) is 2.64. The second kappa shape index (κ2) is 7.94. The molecule has 0 aliphatic heterocycles. The van der Waals surface area contributed by atoms with E-state index in [2.05, 4.69) is 24.1 Å². The third-order valence-electron chi connectivity index (χ3n) is 6.24. The van der Waals surface area contributed by atoms with Crippen molar-refractivity contribution in [3.63, 3.8) is 0 Å². The van der Waals surface area contributed by atoms with E-state index in [0.717, 1.165) is 30.7 Å². The minimum Gasteiger partial charge on any atom is -0.473 e. The molecule has 2 aromatic rings. The van der Waals surface area contributed by atoms with Gasteiger partial charge in [0.2, 0.25) is 5.88 Å². The number of carbonyl (C=O) groups excluding carboxylic acids is 1. The lowest BCUT2D eigenvalue weighted by Crippen LogP contribution is -2.56. The molecule has 1 aromatic heterocycles. The van der Waals surface area contributed by atoms with Gasteiger partial charge in [0.25, 0.3) is 5.91 Å². The highest BCUT2D eigenvalue weighted by molar-refractivity contribution is 5.94. The number of ether oxygens (including phenoxy) is 1. The molecule has 2 aliphatic carbocycles. The van der Waals surface area contributed by atoms with E-state index in [1.54, 1.807) is 12.3 Å². The van der Waals surface area contributed by atoms with Crippen LogP contribution in [0, 0.1) is 17.8 Å². The summed E-state index contributed by atoms with van der Waals surface area (Å²) in [4.78, 5) is 17.3. The van der Waals surface area contributed by atoms with Crippen molar-refractivity contribution in [3.05, 3.63) is 59.8 Å². The number of aromatic nitrogens is 1. The summed E-state index contributed by atoms with van der Waals surface area (Å²) in [6.07, 6.45) is 7.53. The fraction of sp³-hybridized carbons (Fsp3) is 0.500. The molecule has 0 saturated heterocycles. The highest BCUT2D eigenvalue weighted by atomic mass is 16.5. The van der Waals surface area contributed by atoms with Gasteiger partial charge in [-0.3, -0.25) is 4.79 Å². The van der Waals surface area contributed by atoms with E-state index < -0.39 is 0 Å². The van der Waals surface area contributed by atoms with Crippen LogP contribution in [0.3, 0.4) is 0 Å². The summed E-state index contributed by atoms with van der Waals surface area (Å²) in [5, 5.41) is 3.40. The maximum atomic E-state index is 12.9. The van der Waals surface area contributed by atoms with Crippen molar-refractivity contribution in [1.29, 1.82) is 0 Å². The fourth-order valence-electron chi connectivity index (χ4n) is 5.50. The Kier molecular flexibility index (Phi) is 5.38. The number of nitrogens with one attached hydrogen (secondary N) is 1. The Morgan fingerprint density at radius 2 is 1.79 bits per heavy atom. The number of hydrogen-bond donors (Lipinski definition) is 1. The van der Waals surface area contributed by atoms with E-state index in [1.165, 1.54) is 12.8 Å². The molecule has 0 radical (unpaired) electrons. The molecule has 1 aromatic carbocycles. The Labute approximate surface area is 167 Å². The van der Waals surface area contributed by atoms with E-state index in [1.807, 2.05) is 36.4 Å². The van der Waals surface area contributed by atoms with Gasteiger partial charge in [-0.05, 0) is 61.5 Å². The maximum Gasteiger partial charge on any atom is 0.253 e. The number of amides is 1. The number of fused-ring (bicyclic) bond motifs is 2. The van der Waals surface area contributed by atoms with Gasteiger partial charge in [-0.1, -0.05) is 44.2 Å². The van der Waals surface area contributed by atoms with Crippen molar-refractivity contribution in [2.24, 2.45) is 17.8 Å². The van der Waals surface area contributed by atoms with Crippen molar-refractivity contribution < 1.29 is 9.53 Å². The van der Waals surface area contributed by atoms with Crippen LogP contribution in [0.5, 0.6) is 5.88 Å². The summed E-state index contributed by atoms with van der Waals surface area (Å²) in [6, 6.07) is 13.6. The summed E-state index contributed by atoms with van der Waals surface area (Å²) in [6.45, 7) is 5.12. The summed E-state index contributed by atoms with van der Waals surface area (Å²) in [5.41, 5.74) is 1.66. The number of carbonyl (C=O) groups is 1. The van der Waals surface area contributed by atoms with Crippen LogP contribution in [-0.4, -0.2) is 16.4 Å². The second-order valence-electron chi connectivity index (χ2n) is 9.05. The molecule has 0 spiro atoms. The van der Waals surface area contributed by atoms with E-state index in [4.69, 9.17) is 4.74 Å². The third-order valence-corrected chi connectivity index (χ3v) is 6.24. The van der Waals surface area contributed by atoms with Crippen molar-refractivity contribution in [1.82, 2.24) is 10.3 Å². The van der Waals surface area contributed by atoms with Crippen LogP contribution in [0.2, 0.25) is 0 Å². The molecule has 28 heavy (non-hydrogen) atoms. The highest BCUT2D eigenvalue weighted by Crippen LogP contribution is 2.47. The zero-order chi connectivity index (χ0) is 19.6. The Hall–Kier alpha value is -2.36. The van der Waals surface area contributed by atoms with Crippen LogP contribution in [0.1, 0.15) is 61.9 Å². The predicted octanol–water partition coefficient (Wildman–Crippen LogP) is 5.00. The largest absolute Gasteiger partial charge is 0.473 e. The standard InChI is InChI=1S/C24H30N2O2/c1-17-10-20-11-18(2)13-24(12-17,14-20)26-23(27)21-8-9-22(25-15-21)28-16-19-6-4-3-5-7-19/h3-9,15,17-18,20H,10-14,16H2,1-2H3,(H,26,27). The molecule has 148 valence electrons. The van der Waals surface area contributed by atoms with E-state index in [9.17, 15) is 4.79 Å². The monoisotopic (exact) mass is 378 g/mol. The van der Waals surface area contributed by atoms with Gasteiger partial charge in [0, 0.05) is 17.8 Å². The molecule has 2 fully saturated rings. The van der Waals surface area contributed by atoms with Gasteiger partial charge in [0.05, 0.1) is 5.56 Å². The number of benzene rings is 1. The van der Waals surface area contributed by atoms with Gasteiger partial charge in [0.1, 0.15) is 6.61 Å². The molecule has 2 saturated carbocycles. The summed E-state index contributed by atoms with van der Waals surface area (Å²) in [7, 11) is 0. The molecule has 2 unspecified atom stereocenters. The molecule has 1 amide bonds. The van der Waals surface area contributed by atoms with Gasteiger partial charge < -0.3 is 10.1 Å². The van der Waals surface area contributed by atoms with Gasteiger partial charge in [-0.2, -0.15) is 0 Å². The Balaban J connectivity index is 1.39. The SMILES string of the molecule is CC1CC2CC(C)CC(NC(=O)c3ccc(OCc4ccccc4)nc3)(C1)C2.